The Hall–Kier alpha value is -2.81. The van der Waals surface area contributed by atoms with E-state index in [1.54, 1.807) is 7.05 Å². The number of hydrogen-bond donors (Lipinski definition) is 1. The van der Waals surface area contributed by atoms with Crippen molar-refractivity contribution in [3.8, 4) is 0 Å². The summed E-state index contributed by atoms with van der Waals surface area (Å²) in [7, 11) is 3.06. The molecule has 0 radical (unpaired) electrons. The van der Waals surface area contributed by atoms with E-state index in [1.807, 2.05) is 35.8 Å². The van der Waals surface area contributed by atoms with Crippen LogP contribution in [0.5, 0.6) is 0 Å². The van der Waals surface area contributed by atoms with E-state index >= 15 is 0 Å². The number of carbonyl (C=O) groups excluding carboxylic acids is 1. The monoisotopic (exact) mass is 415 g/mol. The molecule has 29 heavy (non-hydrogen) atoms. The largest absolute Gasteiger partial charge is 0.332 e. The second-order valence-electron chi connectivity index (χ2n) is 6.93. The van der Waals surface area contributed by atoms with E-state index in [1.165, 1.54) is 23.4 Å². The summed E-state index contributed by atoms with van der Waals surface area (Å²) in [6, 6.07) is 7.58. The Morgan fingerprint density at radius 2 is 1.90 bits per heavy atom. The van der Waals surface area contributed by atoms with Crippen molar-refractivity contribution in [1.82, 2.24) is 18.7 Å². The van der Waals surface area contributed by atoms with Crippen LogP contribution in [0.2, 0.25) is 0 Å². The van der Waals surface area contributed by atoms with E-state index in [2.05, 4.69) is 17.2 Å². The maximum atomic E-state index is 12.7. The first-order valence-corrected chi connectivity index (χ1v) is 10.5. The quantitative estimate of drug-likeness (QED) is 0.598. The van der Waals surface area contributed by atoms with Crippen molar-refractivity contribution in [2.75, 3.05) is 11.1 Å². The van der Waals surface area contributed by atoms with E-state index in [4.69, 9.17) is 0 Å². The van der Waals surface area contributed by atoms with Crippen molar-refractivity contribution >= 4 is 34.5 Å². The molecule has 8 nitrogen and oxygen atoms in total. The molecule has 0 aliphatic carbocycles. The predicted molar refractivity (Wildman–Crippen MR) is 116 cm³/mol. The van der Waals surface area contributed by atoms with Gasteiger partial charge in [0.15, 0.2) is 16.3 Å². The highest BCUT2D eigenvalue weighted by Crippen LogP contribution is 2.23. The van der Waals surface area contributed by atoms with E-state index < -0.39 is 5.69 Å². The van der Waals surface area contributed by atoms with Crippen molar-refractivity contribution < 1.29 is 4.79 Å². The Labute approximate surface area is 172 Å². The first-order valence-electron chi connectivity index (χ1n) is 9.49. The summed E-state index contributed by atoms with van der Waals surface area (Å²) in [5.74, 6) is -0.00177. The number of hydrogen-bond acceptors (Lipinski definition) is 5. The third kappa shape index (κ3) is 4.14. The number of fused-ring (bicyclic) bond motifs is 1. The number of nitrogens with zero attached hydrogens (tertiary/aromatic N) is 4. The normalized spacial score (nSPS) is 11.2. The fourth-order valence-corrected chi connectivity index (χ4v) is 3.91. The van der Waals surface area contributed by atoms with Crippen LogP contribution in [0, 0.1) is 6.92 Å². The van der Waals surface area contributed by atoms with Crippen LogP contribution in [0.25, 0.3) is 11.2 Å². The summed E-state index contributed by atoms with van der Waals surface area (Å²) in [6.45, 7) is 4.60. The van der Waals surface area contributed by atoms with Gasteiger partial charge in [-0.2, -0.15) is 0 Å². The van der Waals surface area contributed by atoms with Gasteiger partial charge in [0.2, 0.25) is 5.91 Å². The fourth-order valence-electron chi connectivity index (χ4n) is 3.09. The van der Waals surface area contributed by atoms with Gasteiger partial charge in [0.25, 0.3) is 5.56 Å². The SMILES string of the molecule is CCCCn1c(SCC(=O)Nc2ccccc2C)nc2c1c(=O)n(C)c(=O)n2C. The molecule has 1 N–H and O–H groups in total. The number of benzene rings is 1. The standard InChI is InChI=1S/C20H25N5O3S/c1-5-6-11-25-16-17(23(3)20(28)24(4)18(16)27)22-19(25)29-12-15(26)21-14-10-8-7-9-13(14)2/h7-10H,5-6,11-12H2,1-4H3,(H,21,26). The number of imidazole rings is 1. The van der Waals surface area contributed by atoms with Gasteiger partial charge in [-0.3, -0.25) is 18.7 Å². The van der Waals surface area contributed by atoms with Gasteiger partial charge < -0.3 is 9.88 Å². The number of nitrogens with one attached hydrogen (secondary N) is 1. The minimum Gasteiger partial charge on any atom is -0.325 e. The van der Waals surface area contributed by atoms with Crippen LogP contribution in [0.3, 0.4) is 0 Å². The van der Waals surface area contributed by atoms with E-state index in [0.29, 0.717) is 22.9 Å². The van der Waals surface area contributed by atoms with Crippen molar-refractivity contribution in [3.63, 3.8) is 0 Å². The third-order valence-corrected chi connectivity index (χ3v) is 5.78. The van der Waals surface area contributed by atoms with Crippen LogP contribution < -0.4 is 16.6 Å². The second kappa shape index (κ2) is 8.69. The predicted octanol–water partition coefficient (Wildman–Crippen LogP) is 2.27. The van der Waals surface area contributed by atoms with Gasteiger partial charge in [-0.1, -0.05) is 43.3 Å². The molecule has 0 saturated carbocycles. The fraction of sp³-hybridized carbons (Fsp3) is 0.400. The lowest BCUT2D eigenvalue weighted by atomic mass is 10.2. The molecule has 0 saturated heterocycles. The van der Waals surface area contributed by atoms with Gasteiger partial charge in [0.05, 0.1) is 5.75 Å². The molecule has 1 aromatic carbocycles. The highest BCUT2D eigenvalue weighted by molar-refractivity contribution is 7.99. The number of aryl methyl sites for hydroxylation is 3. The first kappa shape index (κ1) is 20.9. The molecule has 0 aliphatic heterocycles. The molecule has 1 amide bonds. The summed E-state index contributed by atoms with van der Waals surface area (Å²) >= 11 is 1.26. The Morgan fingerprint density at radius 3 is 2.59 bits per heavy atom. The molecular formula is C20H25N5O3S. The van der Waals surface area contributed by atoms with E-state index in [9.17, 15) is 14.4 Å². The highest BCUT2D eigenvalue weighted by atomic mass is 32.2. The molecule has 0 atom stereocenters. The summed E-state index contributed by atoms with van der Waals surface area (Å²) in [5.41, 5.74) is 1.70. The summed E-state index contributed by atoms with van der Waals surface area (Å²) < 4.78 is 4.29. The van der Waals surface area contributed by atoms with Crippen molar-refractivity contribution in [2.24, 2.45) is 14.1 Å². The van der Waals surface area contributed by atoms with Gasteiger partial charge in [-0.25, -0.2) is 9.78 Å². The first-order chi connectivity index (χ1) is 13.8. The third-order valence-electron chi connectivity index (χ3n) is 4.80. The average Bonchev–Trinajstić information content (AvgIpc) is 3.08. The number of amides is 1. The molecule has 3 rings (SSSR count). The summed E-state index contributed by atoms with van der Waals surface area (Å²) in [4.78, 5) is 41.9. The molecule has 0 unspecified atom stereocenters. The van der Waals surface area contributed by atoms with Crippen LogP contribution >= 0.6 is 11.8 Å². The Bertz CT molecular complexity index is 1180. The average molecular weight is 416 g/mol. The van der Waals surface area contributed by atoms with E-state index in [-0.39, 0.29) is 17.2 Å². The Kier molecular flexibility index (Phi) is 6.26. The lowest BCUT2D eigenvalue weighted by molar-refractivity contribution is -0.113. The number of anilines is 1. The smallest absolute Gasteiger partial charge is 0.325 e. The number of carbonyl (C=O) groups is 1. The van der Waals surface area contributed by atoms with Crippen LogP contribution in [0.1, 0.15) is 25.3 Å². The van der Waals surface area contributed by atoms with Crippen LogP contribution in [-0.2, 0) is 25.4 Å². The topological polar surface area (TPSA) is 90.9 Å². The maximum Gasteiger partial charge on any atom is 0.332 e. The number of rotatable bonds is 7. The molecule has 0 fully saturated rings. The van der Waals surface area contributed by atoms with Crippen LogP contribution in [0.15, 0.2) is 39.0 Å². The second-order valence-corrected chi connectivity index (χ2v) is 7.87. The van der Waals surface area contributed by atoms with Gasteiger partial charge in [0, 0.05) is 26.3 Å². The molecule has 3 aromatic rings. The zero-order chi connectivity index (χ0) is 21.1. The molecule has 2 aromatic heterocycles. The Morgan fingerprint density at radius 1 is 1.17 bits per heavy atom. The Balaban J connectivity index is 1.92. The maximum absolute atomic E-state index is 12.7. The van der Waals surface area contributed by atoms with Gasteiger partial charge >= 0.3 is 5.69 Å². The minimum atomic E-state index is -0.420. The lowest BCUT2D eigenvalue weighted by Gasteiger charge is -2.10. The van der Waals surface area contributed by atoms with Crippen molar-refractivity contribution in [1.29, 1.82) is 0 Å². The minimum absolute atomic E-state index is 0.151. The van der Waals surface area contributed by atoms with E-state index in [0.717, 1.165) is 28.7 Å². The number of aromatic nitrogens is 4. The molecular weight excluding hydrogens is 390 g/mol. The molecule has 0 spiro atoms. The van der Waals surface area contributed by atoms with Crippen LogP contribution in [-0.4, -0.2) is 30.3 Å². The molecule has 9 heteroatoms. The zero-order valence-electron chi connectivity index (χ0n) is 17.1. The molecule has 2 heterocycles. The number of thioether (sulfide) groups is 1. The van der Waals surface area contributed by atoms with Crippen molar-refractivity contribution in [3.05, 3.63) is 50.7 Å². The van der Waals surface area contributed by atoms with Crippen LogP contribution in [0.4, 0.5) is 5.69 Å². The summed E-state index contributed by atoms with van der Waals surface area (Å²) in [6.07, 6.45) is 1.81. The molecule has 0 aliphatic rings. The zero-order valence-corrected chi connectivity index (χ0v) is 17.9. The molecule has 154 valence electrons. The van der Waals surface area contributed by atoms with Gasteiger partial charge in [-0.15, -0.1) is 0 Å². The lowest BCUT2D eigenvalue weighted by Crippen LogP contribution is -2.37. The number of unbranched alkanes of at least 4 members (excludes halogenated alkanes) is 1. The molecule has 0 bridgehead atoms. The van der Waals surface area contributed by atoms with Gasteiger partial charge in [-0.05, 0) is 25.0 Å². The van der Waals surface area contributed by atoms with Crippen molar-refractivity contribution in [2.45, 2.75) is 38.4 Å². The number of para-hydroxylation sites is 1. The summed E-state index contributed by atoms with van der Waals surface area (Å²) in [5, 5.41) is 3.46. The highest BCUT2D eigenvalue weighted by Gasteiger charge is 2.20. The van der Waals surface area contributed by atoms with Gasteiger partial charge in [0.1, 0.15) is 0 Å².